The number of imide groups is 2. The average Bonchev–Trinajstić information content (AvgIpc) is 3.18. The van der Waals surface area contributed by atoms with Gasteiger partial charge < -0.3 is 4.90 Å². The van der Waals surface area contributed by atoms with Gasteiger partial charge in [0.1, 0.15) is 11.9 Å². The molecule has 0 spiro atoms. The smallest absolute Gasteiger partial charge is 0.264 e. The summed E-state index contributed by atoms with van der Waals surface area (Å²) < 4.78 is 14.9. The minimum Gasteiger partial charge on any atom is -0.363 e. The van der Waals surface area contributed by atoms with Crippen LogP contribution in [0.4, 0.5) is 10.1 Å². The second kappa shape index (κ2) is 6.69. The molecule has 8 nitrogen and oxygen atoms in total. The van der Waals surface area contributed by atoms with Gasteiger partial charge in [-0.3, -0.25) is 29.4 Å². The normalized spacial score (nSPS) is 21.1. The van der Waals surface area contributed by atoms with Gasteiger partial charge in [-0.25, -0.2) is 9.37 Å². The average molecular weight is 428 g/mol. The first-order valence-electron chi connectivity index (χ1n) is 9.59. The van der Waals surface area contributed by atoms with Crippen LogP contribution in [-0.4, -0.2) is 46.1 Å². The number of fused-ring (bicyclic) bond motifs is 2. The second-order valence-electron chi connectivity index (χ2n) is 7.54. The Bertz CT molecular complexity index is 1140. The summed E-state index contributed by atoms with van der Waals surface area (Å²) in [5, 5.41) is 3.09. The highest BCUT2D eigenvalue weighted by atomic mass is 32.1. The van der Waals surface area contributed by atoms with E-state index in [1.165, 1.54) is 23.5 Å². The Balaban J connectivity index is 1.54. The van der Waals surface area contributed by atoms with Crippen LogP contribution in [0.2, 0.25) is 0 Å². The van der Waals surface area contributed by atoms with Crippen molar-refractivity contribution in [3.63, 3.8) is 0 Å². The molecule has 4 heterocycles. The second-order valence-corrected chi connectivity index (χ2v) is 8.83. The summed E-state index contributed by atoms with van der Waals surface area (Å²) in [5.74, 6) is -3.07. The van der Waals surface area contributed by atoms with Gasteiger partial charge in [0.05, 0.1) is 34.1 Å². The van der Waals surface area contributed by atoms with Crippen LogP contribution in [0.15, 0.2) is 12.1 Å². The van der Waals surface area contributed by atoms with Gasteiger partial charge in [0, 0.05) is 24.3 Å². The first-order valence-corrected chi connectivity index (χ1v) is 10.4. The van der Waals surface area contributed by atoms with Gasteiger partial charge in [0.25, 0.3) is 11.8 Å². The molecule has 30 heavy (non-hydrogen) atoms. The summed E-state index contributed by atoms with van der Waals surface area (Å²) in [6, 6.07) is 1.39. The first-order chi connectivity index (χ1) is 14.3. The van der Waals surface area contributed by atoms with Crippen LogP contribution in [0.25, 0.3) is 0 Å². The summed E-state index contributed by atoms with van der Waals surface area (Å²) >= 11 is 1.53. The van der Waals surface area contributed by atoms with E-state index >= 15 is 0 Å². The number of carbonyl (C=O) groups excluding carboxylic acids is 4. The number of hydrogen-bond acceptors (Lipinski definition) is 7. The Morgan fingerprint density at radius 2 is 1.97 bits per heavy atom. The maximum absolute atomic E-state index is 14.9. The number of carbonyl (C=O) groups is 4. The van der Waals surface area contributed by atoms with Crippen molar-refractivity contribution >= 4 is 40.7 Å². The molecule has 0 aliphatic carbocycles. The third kappa shape index (κ3) is 2.74. The van der Waals surface area contributed by atoms with Crippen LogP contribution in [-0.2, 0) is 22.6 Å². The van der Waals surface area contributed by atoms with E-state index in [0.29, 0.717) is 19.5 Å². The fraction of sp³-hybridized carbons (Fsp3) is 0.350. The van der Waals surface area contributed by atoms with Crippen LogP contribution in [0, 0.1) is 12.7 Å². The van der Waals surface area contributed by atoms with Crippen molar-refractivity contribution in [2.75, 3.05) is 11.4 Å². The highest BCUT2D eigenvalue weighted by Gasteiger charge is 2.47. The number of halogens is 1. The molecule has 1 atom stereocenters. The number of benzene rings is 1. The van der Waals surface area contributed by atoms with Crippen molar-refractivity contribution in [2.24, 2.45) is 0 Å². The number of rotatable bonds is 2. The summed E-state index contributed by atoms with van der Waals surface area (Å²) in [7, 11) is 0. The zero-order valence-corrected chi connectivity index (χ0v) is 16.8. The van der Waals surface area contributed by atoms with E-state index < -0.39 is 35.5 Å². The number of hydrogen-bond donors (Lipinski definition) is 1. The molecule has 1 aromatic heterocycles. The third-order valence-corrected chi connectivity index (χ3v) is 6.68. The van der Waals surface area contributed by atoms with Crippen LogP contribution in [0.5, 0.6) is 0 Å². The van der Waals surface area contributed by atoms with Crippen LogP contribution in [0.3, 0.4) is 0 Å². The highest BCUT2D eigenvalue weighted by Crippen LogP contribution is 2.38. The van der Waals surface area contributed by atoms with Gasteiger partial charge in [-0.15, -0.1) is 11.3 Å². The van der Waals surface area contributed by atoms with E-state index in [1.54, 1.807) is 4.90 Å². The lowest BCUT2D eigenvalue weighted by Gasteiger charge is -2.30. The van der Waals surface area contributed by atoms with E-state index in [-0.39, 0.29) is 29.7 Å². The Morgan fingerprint density at radius 1 is 1.17 bits per heavy atom. The monoisotopic (exact) mass is 428 g/mol. The molecule has 1 unspecified atom stereocenters. The number of piperidine rings is 1. The largest absolute Gasteiger partial charge is 0.363 e. The highest BCUT2D eigenvalue weighted by molar-refractivity contribution is 7.11. The molecule has 3 aliphatic rings. The zero-order valence-electron chi connectivity index (χ0n) is 16.0. The maximum Gasteiger partial charge on any atom is 0.264 e. The summed E-state index contributed by atoms with van der Waals surface area (Å²) in [6.45, 7) is 2.77. The van der Waals surface area contributed by atoms with Crippen molar-refractivity contribution in [1.82, 2.24) is 15.2 Å². The lowest BCUT2D eigenvalue weighted by molar-refractivity contribution is -0.136. The molecule has 1 saturated heterocycles. The van der Waals surface area contributed by atoms with Gasteiger partial charge in [0.2, 0.25) is 11.8 Å². The minimum atomic E-state index is -1.08. The van der Waals surface area contributed by atoms with Gasteiger partial charge in [-0.2, -0.15) is 0 Å². The molecule has 5 rings (SSSR count). The van der Waals surface area contributed by atoms with Crippen molar-refractivity contribution in [3.05, 3.63) is 44.7 Å². The molecule has 154 valence electrons. The minimum absolute atomic E-state index is 0.0191. The predicted molar refractivity (Wildman–Crippen MR) is 105 cm³/mol. The number of anilines is 1. The van der Waals surface area contributed by atoms with Crippen LogP contribution < -0.4 is 10.2 Å². The van der Waals surface area contributed by atoms with Crippen molar-refractivity contribution in [1.29, 1.82) is 0 Å². The zero-order chi connectivity index (χ0) is 21.2. The predicted octanol–water partition coefficient (Wildman–Crippen LogP) is 1.55. The third-order valence-electron chi connectivity index (χ3n) is 5.69. The number of nitrogens with zero attached hydrogens (tertiary/aromatic N) is 3. The molecule has 10 heteroatoms. The summed E-state index contributed by atoms with van der Waals surface area (Å²) in [4.78, 5) is 58.0. The number of aromatic nitrogens is 1. The van der Waals surface area contributed by atoms with E-state index in [0.717, 1.165) is 20.5 Å². The van der Waals surface area contributed by atoms with E-state index in [4.69, 9.17) is 0 Å². The topological polar surface area (TPSA) is 99.7 Å². The van der Waals surface area contributed by atoms with Crippen molar-refractivity contribution in [3.8, 4) is 0 Å². The van der Waals surface area contributed by atoms with E-state index in [9.17, 15) is 23.6 Å². The number of nitrogens with one attached hydrogen (secondary N) is 1. The molecule has 1 aromatic carbocycles. The van der Waals surface area contributed by atoms with E-state index in [1.807, 2.05) is 6.92 Å². The fourth-order valence-corrected chi connectivity index (χ4v) is 5.34. The molecular weight excluding hydrogens is 411 g/mol. The first kappa shape index (κ1) is 18.9. The molecule has 0 saturated carbocycles. The molecule has 0 bridgehead atoms. The van der Waals surface area contributed by atoms with Gasteiger partial charge >= 0.3 is 0 Å². The number of aryl methyl sites for hydroxylation is 1. The van der Waals surface area contributed by atoms with Gasteiger partial charge in [0.15, 0.2) is 0 Å². The molecule has 4 amide bonds. The Labute approximate surface area is 174 Å². The standard InChI is InChI=1S/C20H17FN4O4S/c1-9-22-12-6-7-24(8-14(12)30-9)17-11(21)3-2-10-16(17)20(29)25(19(10)28)13-4-5-15(26)23-18(13)27/h2-3,13H,4-8H2,1H3,(H,23,26,27). The Morgan fingerprint density at radius 3 is 2.73 bits per heavy atom. The lowest BCUT2D eigenvalue weighted by Crippen LogP contribution is -2.54. The molecule has 2 aromatic rings. The fourth-order valence-electron chi connectivity index (χ4n) is 4.34. The number of amides is 4. The molecule has 0 radical (unpaired) electrons. The van der Waals surface area contributed by atoms with Crippen molar-refractivity contribution < 1.29 is 23.6 Å². The SMILES string of the molecule is Cc1nc2c(s1)CN(c1c(F)ccc3c1C(=O)N(C1CCC(=O)NC1=O)C3=O)CC2. The lowest BCUT2D eigenvalue weighted by atomic mass is 10.0. The maximum atomic E-state index is 14.9. The molecule has 1 fully saturated rings. The summed E-state index contributed by atoms with van der Waals surface area (Å²) in [6.07, 6.45) is 0.702. The molecular formula is C20H17FN4O4S. The Kier molecular flexibility index (Phi) is 4.21. The van der Waals surface area contributed by atoms with Gasteiger partial charge in [-0.1, -0.05) is 0 Å². The van der Waals surface area contributed by atoms with Crippen LogP contribution >= 0.6 is 11.3 Å². The van der Waals surface area contributed by atoms with Crippen LogP contribution in [0.1, 0.15) is 49.1 Å². The van der Waals surface area contributed by atoms with Crippen molar-refractivity contribution in [2.45, 2.75) is 38.8 Å². The molecule has 1 N–H and O–H groups in total. The Hall–Kier alpha value is -3.14. The quantitative estimate of drug-likeness (QED) is 0.729. The summed E-state index contributed by atoms with van der Waals surface area (Å²) in [5.41, 5.74) is 1.12. The molecule has 3 aliphatic heterocycles. The van der Waals surface area contributed by atoms with E-state index in [2.05, 4.69) is 10.3 Å². The van der Waals surface area contributed by atoms with Gasteiger partial charge in [-0.05, 0) is 25.5 Å². The number of thiazole rings is 1.